The third-order valence-electron chi connectivity index (χ3n) is 2.99. The van der Waals surface area contributed by atoms with Gasteiger partial charge >= 0.3 is 0 Å². The van der Waals surface area contributed by atoms with E-state index in [9.17, 15) is 4.39 Å². The number of rotatable bonds is 1. The number of halogens is 2. The third kappa shape index (κ3) is 2.13. The zero-order valence-corrected chi connectivity index (χ0v) is 10.5. The fraction of sp³-hybridized carbons (Fsp3) is 0.143. The number of hydrogen-bond acceptors (Lipinski definition) is 1. The Hall–Kier alpha value is -1.54. The molecule has 2 rings (SSSR count). The van der Waals surface area contributed by atoms with Crippen molar-refractivity contribution in [3.05, 3.63) is 52.3 Å². The maximum absolute atomic E-state index is 13.4. The van der Waals surface area contributed by atoms with Gasteiger partial charge in [-0.1, -0.05) is 29.8 Å². The summed E-state index contributed by atoms with van der Waals surface area (Å²) in [5, 5.41) is 0.251. The molecule has 3 heteroatoms. The monoisotopic (exact) mass is 249 g/mol. The van der Waals surface area contributed by atoms with E-state index in [1.807, 2.05) is 32.0 Å². The van der Waals surface area contributed by atoms with Crippen molar-refractivity contribution >= 4 is 17.3 Å². The predicted molar refractivity (Wildman–Crippen MR) is 70.7 cm³/mol. The fourth-order valence-electron chi connectivity index (χ4n) is 1.85. The molecule has 0 fully saturated rings. The number of aryl methyl sites for hydroxylation is 1. The van der Waals surface area contributed by atoms with Gasteiger partial charge < -0.3 is 5.73 Å². The van der Waals surface area contributed by atoms with E-state index in [2.05, 4.69) is 0 Å². The van der Waals surface area contributed by atoms with E-state index in [4.69, 9.17) is 17.3 Å². The van der Waals surface area contributed by atoms with E-state index < -0.39 is 0 Å². The van der Waals surface area contributed by atoms with Gasteiger partial charge in [-0.2, -0.15) is 0 Å². The Labute approximate surface area is 105 Å². The predicted octanol–water partition coefficient (Wildman–Crippen LogP) is 4.35. The second-order valence-electron chi connectivity index (χ2n) is 4.10. The minimum absolute atomic E-state index is 0.251. The molecule has 0 radical (unpaired) electrons. The lowest BCUT2D eigenvalue weighted by Gasteiger charge is -2.12. The van der Waals surface area contributed by atoms with Crippen LogP contribution in [0, 0.1) is 19.7 Å². The summed E-state index contributed by atoms with van der Waals surface area (Å²) < 4.78 is 13.4. The van der Waals surface area contributed by atoms with E-state index in [1.54, 1.807) is 0 Å². The molecule has 0 aliphatic heterocycles. The van der Waals surface area contributed by atoms with Crippen LogP contribution in [-0.2, 0) is 0 Å². The molecule has 0 aliphatic rings. The summed E-state index contributed by atoms with van der Waals surface area (Å²) in [4.78, 5) is 0. The Morgan fingerprint density at radius 2 is 1.82 bits per heavy atom. The van der Waals surface area contributed by atoms with Crippen LogP contribution in [0.2, 0.25) is 5.02 Å². The first kappa shape index (κ1) is 11.9. The summed E-state index contributed by atoms with van der Waals surface area (Å²) in [5.41, 5.74) is 10.1. The fourth-order valence-corrected chi connectivity index (χ4v) is 2.06. The van der Waals surface area contributed by atoms with E-state index in [1.165, 1.54) is 12.1 Å². The molecule has 2 aromatic carbocycles. The highest BCUT2D eigenvalue weighted by molar-refractivity contribution is 6.33. The van der Waals surface area contributed by atoms with Crippen LogP contribution in [0.15, 0.2) is 30.3 Å². The third-order valence-corrected chi connectivity index (χ3v) is 3.30. The number of nitrogens with two attached hydrogens (primary N) is 1. The number of hydrogen-bond donors (Lipinski definition) is 1. The number of nitrogen functional groups attached to an aromatic ring is 1. The van der Waals surface area contributed by atoms with Gasteiger partial charge in [0.15, 0.2) is 0 Å². The highest BCUT2D eigenvalue weighted by Crippen LogP contribution is 2.35. The molecular formula is C14H13ClFN. The SMILES string of the molecule is Cc1cccc(-c2cc(F)cc(Cl)c2N)c1C. The Morgan fingerprint density at radius 1 is 1.12 bits per heavy atom. The summed E-state index contributed by atoms with van der Waals surface area (Å²) in [6.45, 7) is 4.00. The van der Waals surface area contributed by atoms with Crippen molar-refractivity contribution in [2.24, 2.45) is 0 Å². The van der Waals surface area contributed by atoms with Gasteiger partial charge in [-0.05, 0) is 42.7 Å². The van der Waals surface area contributed by atoms with E-state index >= 15 is 0 Å². The minimum Gasteiger partial charge on any atom is -0.397 e. The largest absolute Gasteiger partial charge is 0.397 e. The lowest BCUT2D eigenvalue weighted by atomic mass is 9.96. The maximum Gasteiger partial charge on any atom is 0.125 e. The summed E-state index contributed by atoms with van der Waals surface area (Å²) in [6, 6.07) is 8.50. The molecule has 0 saturated heterocycles. The van der Waals surface area contributed by atoms with Crippen LogP contribution >= 0.6 is 11.6 Å². The topological polar surface area (TPSA) is 26.0 Å². The number of benzene rings is 2. The Morgan fingerprint density at radius 3 is 2.53 bits per heavy atom. The molecule has 0 unspecified atom stereocenters. The highest BCUT2D eigenvalue weighted by Gasteiger charge is 2.11. The maximum atomic E-state index is 13.4. The first-order valence-corrected chi connectivity index (χ1v) is 5.69. The first-order valence-electron chi connectivity index (χ1n) is 5.32. The molecule has 0 aromatic heterocycles. The van der Waals surface area contributed by atoms with E-state index in [-0.39, 0.29) is 10.8 Å². The molecular weight excluding hydrogens is 237 g/mol. The van der Waals surface area contributed by atoms with Crippen molar-refractivity contribution in [2.75, 3.05) is 5.73 Å². The second-order valence-corrected chi connectivity index (χ2v) is 4.50. The van der Waals surface area contributed by atoms with Crippen molar-refractivity contribution in [2.45, 2.75) is 13.8 Å². The summed E-state index contributed by atoms with van der Waals surface area (Å²) in [5.74, 6) is -0.375. The molecule has 0 bridgehead atoms. The van der Waals surface area contributed by atoms with E-state index in [0.29, 0.717) is 11.3 Å². The first-order chi connectivity index (χ1) is 8.00. The summed E-state index contributed by atoms with van der Waals surface area (Å²) >= 11 is 5.90. The smallest absolute Gasteiger partial charge is 0.125 e. The average Bonchev–Trinajstić information content (AvgIpc) is 2.27. The van der Waals surface area contributed by atoms with Crippen LogP contribution in [0.4, 0.5) is 10.1 Å². The van der Waals surface area contributed by atoms with Crippen LogP contribution in [0.25, 0.3) is 11.1 Å². The Bertz CT molecular complexity index is 579. The van der Waals surface area contributed by atoms with Crippen LogP contribution in [-0.4, -0.2) is 0 Å². The van der Waals surface area contributed by atoms with Crippen molar-refractivity contribution in [3.8, 4) is 11.1 Å². The Kier molecular flexibility index (Phi) is 3.07. The van der Waals surface area contributed by atoms with Crippen LogP contribution in [0.5, 0.6) is 0 Å². The molecule has 1 nitrogen and oxygen atoms in total. The van der Waals surface area contributed by atoms with Gasteiger partial charge in [0.25, 0.3) is 0 Å². The highest BCUT2D eigenvalue weighted by atomic mass is 35.5. The summed E-state index contributed by atoms with van der Waals surface area (Å²) in [7, 11) is 0. The van der Waals surface area contributed by atoms with Crippen LogP contribution < -0.4 is 5.73 Å². The van der Waals surface area contributed by atoms with Crippen LogP contribution in [0.3, 0.4) is 0 Å². The van der Waals surface area contributed by atoms with Crippen molar-refractivity contribution in [1.82, 2.24) is 0 Å². The van der Waals surface area contributed by atoms with Crippen LogP contribution in [0.1, 0.15) is 11.1 Å². The lowest BCUT2D eigenvalue weighted by Crippen LogP contribution is -1.95. The standard InChI is InChI=1S/C14H13ClFN/c1-8-4-3-5-11(9(8)2)12-6-10(16)7-13(15)14(12)17/h3-7H,17H2,1-2H3. The van der Waals surface area contributed by atoms with E-state index in [0.717, 1.165) is 16.7 Å². The quantitative estimate of drug-likeness (QED) is 0.748. The zero-order valence-electron chi connectivity index (χ0n) is 9.72. The minimum atomic E-state index is -0.375. The lowest BCUT2D eigenvalue weighted by molar-refractivity contribution is 0.628. The summed E-state index contributed by atoms with van der Waals surface area (Å²) in [6.07, 6.45) is 0. The molecule has 0 saturated carbocycles. The molecule has 0 heterocycles. The van der Waals surface area contributed by atoms with Gasteiger partial charge in [0.1, 0.15) is 5.82 Å². The molecule has 0 amide bonds. The van der Waals surface area contributed by atoms with Gasteiger partial charge in [0.2, 0.25) is 0 Å². The van der Waals surface area contributed by atoms with Gasteiger partial charge in [-0.3, -0.25) is 0 Å². The number of anilines is 1. The normalized spacial score (nSPS) is 10.6. The molecule has 17 heavy (non-hydrogen) atoms. The van der Waals surface area contributed by atoms with Crippen molar-refractivity contribution in [1.29, 1.82) is 0 Å². The van der Waals surface area contributed by atoms with Gasteiger partial charge in [-0.15, -0.1) is 0 Å². The van der Waals surface area contributed by atoms with Crippen molar-refractivity contribution in [3.63, 3.8) is 0 Å². The molecule has 0 atom stereocenters. The Balaban J connectivity index is 2.73. The second kappa shape index (κ2) is 4.38. The van der Waals surface area contributed by atoms with Gasteiger partial charge in [-0.25, -0.2) is 4.39 Å². The molecule has 0 aliphatic carbocycles. The van der Waals surface area contributed by atoms with Gasteiger partial charge in [0.05, 0.1) is 10.7 Å². The molecule has 88 valence electrons. The van der Waals surface area contributed by atoms with Crippen molar-refractivity contribution < 1.29 is 4.39 Å². The average molecular weight is 250 g/mol. The molecule has 2 aromatic rings. The molecule has 0 spiro atoms. The van der Waals surface area contributed by atoms with Gasteiger partial charge in [0, 0.05) is 5.56 Å². The zero-order chi connectivity index (χ0) is 12.6. The molecule has 2 N–H and O–H groups in total.